The molecule has 2 rings (SSSR count). The summed E-state index contributed by atoms with van der Waals surface area (Å²) in [5.74, 6) is -1.10. The zero-order valence-corrected chi connectivity index (χ0v) is 11.3. The van der Waals surface area contributed by atoms with Gasteiger partial charge in [0, 0.05) is 6.54 Å². The minimum Gasteiger partial charge on any atom is -0.479 e. The van der Waals surface area contributed by atoms with E-state index in [2.05, 4.69) is 4.98 Å². The molecule has 1 amide bonds. The van der Waals surface area contributed by atoms with Crippen LogP contribution >= 0.6 is 11.3 Å². The number of amides is 1. The van der Waals surface area contributed by atoms with Crippen LogP contribution in [0.3, 0.4) is 0 Å². The summed E-state index contributed by atoms with van der Waals surface area (Å²) in [6.45, 7) is 4.10. The summed E-state index contributed by atoms with van der Waals surface area (Å²) in [5.41, 5.74) is 1.26. The van der Waals surface area contributed by atoms with Gasteiger partial charge in [0.2, 0.25) is 0 Å². The van der Waals surface area contributed by atoms with Crippen LogP contribution in [-0.2, 0) is 4.79 Å². The molecule has 0 spiro atoms. The number of carboxylic acid groups (broad SMARTS) is 1. The van der Waals surface area contributed by atoms with Gasteiger partial charge in [0.05, 0.1) is 11.2 Å². The largest absolute Gasteiger partial charge is 0.479 e. The molecule has 0 aliphatic carbocycles. The van der Waals surface area contributed by atoms with Crippen LogP contribution in [0.1, 0.15) is 41.6 Å². The molecule has 1 aromatic heterocycles. The molecule has 1 aromatic rings. The van der Waals surface area contributed by atoms with Gasteiger partial charge in [-0.3, -0.25) is 4.79 Å². The van der Waals surface area contributed by atoms with Gasteiger partial charge >= 0.3 is 5.97 Å². The number of hydrogen-bond donors (Lipinski definition) is 1. The van der Waals surface area contributed by atoms with E-state index in [4.69, 9.17) is 0 Å². The predicted octanol–water partition coefficient (Wildman–Crippen LogP) is 1.92. The van der Waals surface area contributed by atoms with Crippen LogP contribution in [0.25, 0.3) is 0 Å². The summed E-state index contributed by atoms with van der Waals surface area (Å²) in [7, 11) is 0. The maximum absolute atomic E-state index is 12.4. The topological polar surface area (TPSA) is 70.5 Å². The molecule has 2 heterocycles. The first-order valence-corrected chi connectivity index (χ1v) is 6.86. The SMILES string of the molecule is CCC1(C(=O)O)CCCN1C(=O)c1scnc1C. The van der Waals surface area contributed by atoms with E-state index in [0.29, 0.717) is 30.0 Å². The average molecular weight is 268 g/mol. The molecule has 1 aliphatic heterocycles. The first kappa shape index (κ1) is 13.0. The average Bonchev–Trinajstić information content (AvgIpc) is 2.94. The molecule has 0 saturated carbocycles. The van der Waals surface area contributed by atoms with Gasteiger partial charge in [0.1, 0.15) is 10.4 Å². The molecule has 6 heteroatoms. The monoisotopic (exact) mass is 268 g/mol. The molecule has 1 unspecified atom stereocenters. The zero-order valence-electron chi connectivity index (χ0n) is 10.5. The van der Waals surface area contributed by atoms with Crippen molar-refractivity contribution in [3.63, 3.8) is 0 Å². The van der Waals surface area contributed by atoms with Crippen molar-refractivity contribution >= 4 is 23.2 Å². The standard InChI is InChI=1S/C12H16N2O3S/c1-3-12(11(16)17)5-4-6-14(12)10(15)9-8(2)13-7-18-9/h7H,3-6H2,1-2H3,(H,16,17). The molecule has 0 bridgehead atoms. The third-order valence-electron chi connectivity index (χ3n) is 3.66. The van der Waals surface area contributed by atoms with Crippen molar-refractivity contribution in [2.24, 2.45) is 0 Å². The van der Waals surface area contributed by atoms with Crippen LogP contribution in [-0.4, -0.2) is 39.0 Å². The van der Waals surface area contributed by atoms with Gasteiger partial charge in [0.25, 0.3) is 5.91 Å². The number of carbonyl (C=O) groups is 2. The summed E-state index contributed by atoms with van der Waals surface area (Å²) in [6.07, 6.45) is 1.71. The Kier molecular flexibility index (Phi) is 3.38. The van der Waals surface area contributed by atoms with Crippen molar-refractivity contribution in [2.45, 2.75) is 38.6 Å². The van der Waals surface area contributed by atoms with Crippen molar-refractivity contribution in [3.8, 4) is 0 Å². The molecule has 1 aliphatic rings. The van der Waals surface area contributed by atoms with Crippen LogP contribution < -0.4 is 0 Å². The number of carbonyl (C=O) groups excluding carboxylic acids is 1. The Balaban J connectivity index is 2.35. The second kappa shape index (κ2) is 4.68. The number of hydrogen-bond acceptors (Lipinski definition) is 4. The third kappa shape index (κ3) is 1.80. The zero-order chi connectivity index (χ0) is 13.3. The molecule has 5 nitrogen and oxygen atoms in total. The van der Waals surface area contributed by atoms with Crippen molar-refractivity contribution in [2.75, 3.05) is 6.54 Å². The number of aryl methyl sites for hydroxylation is 1. The van der Waals surface area contributed by atoms with Gasteiger partial charge < -0.3 is 10.0 Å². The van der Waals surface area contributed by atoms with E-state index in [9.17, 15) is 14.7 Å². The Labute approximate surface area is 109 Å². The Bertz CT molecular complexity index is 485. The minimum absolute atomic E-state index is 0.197. The van der Waals surface area contributed by atoms with Crippen LogP contribution in [0.4, 0.5) is 0 Å². The van der Waals surface area contributed by atoms with Gasteiger partial charge in [-0.15, -0.1) is 11.3 Å². The van der Waals surface area contributed by atoms with Crippen LogP contribution in [0.5, 0.6) is 0 Å². The smallest absolute Gasteiger partial charge is 0.329 e. The normalized spacial score (nSPS) is 23.3. The molecule has 18 heavy (non-hydrogen) atoms. The number of thiazole rings is 1. The highest BCUT2D eigenvalue weighted by Gasteiger charge is 2.49. The van der Waals surface area contributed by atoms with Crippen LogP contribution in [0.15, 0.2) is 5.51 Å². The van der Waals surface area contributed by atoms with E-state index < -0.39 is 11.5 Å². The van der Waals surface area contributed by atoms with E-state index in [1.165, 1.54) is 16.2 Å². The first-order valence-electron chi connectivity index (χ1n) is 5.98. The third-order valence-corrected chi connectivity index (χ3v) is 4.57. The molecule has 1 saturated heterocycles. The van der Waals surface area contributed by atoms with Crippen molar-refractivity contribution in [3.05, 3.63) is 16.1 Å². The molecule has 1 fully saturated rings. The summed E-state index contributed by atoms with van der Waals surface area (Å²) >= 11 is 1.27. The van der Waals surface area contributed by atoms with Crippen molar-refractivity contribution < 1.29 is 14.7 Å². The highest BCUT2D eigenvalue weighted by Crippen LogP contribution is 2.34. The molecular formula is C12H16N2O3S. The van der Waals surface area contributed by atoms with Gasteiger partial charge in [-0.2, -0.15) is 0 Å². The molecular weight excluding hydrogens is 252 g/mol. The quantitative estimate of drug-likeness (QED) is 0.909. The van der Waals surface area contributed by atoms with Crippen LogP contribution in [0.2, 0.25) is 0 Å². The maximum atomic E-state index is 12.4. The summed E-state index contributed by atoms with van der Waals surface area (Å²) in [4.78, 5) is 30.1. The minimum atomic E-state index is -1.03. The van der Waals surface area contributed by atoms with Gasteiger partial charge in [0.15, 0.2) is 0 Å². The highest BCUT2D eigenvalue weighted by atomic mass is 32.1. The van der Waals surface area contributed by atoms with E-state index in [1.807, 2.05) is 6.92 Å². The second-order valence-corrected chi connectivity index (χ2v) is 5.37. The lowest BCUT2D eigenvalue weighted by Crippen LogP contribution is -2.52. The van der Waals surface area contributed by atoms with Gasteiger partial charge in [-0.05, 0) is 26.2 Å². The van der Waals surface area contributed by atoms with Gasteiger partial charge in [-0.1, -0.05) is 6.92 Å². The molecule has 0 aromatic carbocycles. The number of likely N-dealkylation sites (tertiary alicyclic amines) is 1. The number of carboxylic acids is 1. The Morgan fingerprint density at radius 2 is 2.33 bits per heavy atom. The fourth-order valence-electron chi connectivity index (χ4n) is 2.55. The second-order valence-electron chi connectivity index (χ2n) is 4.52. The highest BCUT2D eigenvalue weighted by molar-refractivity contribution is 7.11. The molecule has 0 radical (unpaired) electrons. The molecule has 1 atom stereocenters. The predicted molar refractivity (Wildman–Crippen MR) is 67.8 cm³/mol. The summed E-state index contributed by atoms with van der Waals surface area (Å²) in [6, 6.07) is 0. The summed E-state index contributed by atoms with van der Waals surface area (Å²) < 4.78 is 0. The van der Waals surface area contributed by atoms with E-state index >= 15 is 0 Å². The Morgan fingerprint density at radius 3 is 2.83 bits per heavy atom. The fraction of sp³-hybridized carbons (Fsp3) is 0.583. The van der Waals surface area contributed by atoms with E-state index in [-0.39, 0.29) is 5.91 Å². The molecule has 1 N–H and O–H groups in total. The van der Waals surface area contributed by atoms with E-state index in [0.717, 1.165) is 6.42 Å². The number of aromatic nitrogens is 1. The fourth-order valence-corrected chi connectivity index (χ4v) is 3.30. The first-order chi connectivity index (χ1) is 8.53. The lowest BCUT2D eigenvalue weighted by atomic mass is 9.93. The number of nitrogens with zero attached hydrogens (tertiary/aromatic N) is 2. The van der Waals surface area contributed by atoms with E-state index in [1.54, 1.807) is 12.4 Å². The Morgan fingerprint density at radius 1 is 1.61 bits per heavy atom. The molecule has 98 valence electrons. The summed E-state index contributed by atoms with van der Waals surface area (Å²) in [5, 5.41) is 9.44. The van der Waals surface area contributed by atoms with Crippen LogP contribution in [0, 0.1) is 6.92 Å². The van der Waals surface area contributed by atoms with Crippen molar-refractivity contribution in [1.82, 2.24) is 9.88 Å². The Hall–Kier alpha value is -1.43. The lowest BCUT2D eigenvalue weighted by Gasteiger charge is -2.33. The van der Waals surface area contributed by atoms with Crippen molar-refractivity contribution in [1.29, 1.82) is 0 Å². The lowest BCUT2D eigenvalue weighted by molar-refractivity contribution is -0.148. The maximum Gasteiger partial charge on any atom is 0.329 e. The number of aliphatic carboxylic acids is 1. The number of rotatable bonds is 3. The van der Waals surface area contributed by atoms with Gasteiger partial charge in [-0.25, -0.2) is 9.78 Å².